The number of nitrogens with zero attached hydrogens (tertiary/aromatic N) is 1. The molecule has 0 aliphatic heterocycles. The number of pyridine rings is 1. The lowest BCUT2D eigenvalue weighted by molar-refractivity contribution is 0.549. The molecule has 0 aliphatic rings. The maximum Gasteiger partial charge on any atom is 0.128 e. The van der Waals surface area contributed by atoms with E-state index in [1.807, 2.05) is 19.1 Å². The molecule has 0 bridgehead atoms. The van der Waals surface area contributed by atoms with Crippen LogP contribution in [0.15, 0.2) is 36.5 Å². The predicted octanol–water partition coefficient (Wildman–Crippen LogP) is 3.35. The first-order valence-corrected chi connectivity index (χ1v) is 6.87. The molecule has 2 aromatic rings. The van der Waals surface area contributed by atoms with Crippen molar-refractivity contribution in [3.05, 3.63) is 58.5 Å². The van der Waals surface area contributed by atoms with Gasteiger partial charge in [0.05, 0.1) is 0 Å². The summed E-state index contributed by atoms with van der Waals surface area (Å²) >= 11 is 6.09. The van der Waals surface area contributed by atoms with Gasteiger partial charge in [-0.1, -0.05) is 30.7 Å². The molecule has 0 saturated heterocycles. The van der Waals surface area contributed by atoms with Gasteiger partial charge in [-0.3, -0.25) is 0 Å². The smallest absolute Gasteiger partial charge is 0.128 e. The SMILES string of the molecule is CCNC(Cc1ccc(F)cc1Cl)c1cccnc1N. The van der Waals surface area contributed by atoms with E-state index in [2.05, 4.69) is 10.3 Å². The third kappa shape index (κ3) is 3.46. The third-order valence-corrected chi connectivity index (χ3v) is 3.49. The second kappa shape index (κ2) is 6.68. The van der Waals surface area contributed by atoms with Crippen LogP contribution in [0.4, 0.5) is 10.2 Å². The first kappa shape index (κ1) is 14.8. The Balaban J connectivity index is 2.28. The molecular weight excluding hydrogens is 277 g/mol. The Kier molecular flexibility index (Phi) is 4.93. The van der Waals surface area contributed by atoms with E-state index in [1.54, 1.807) is 12.3 Å². The predicted molar refractivity (Wildman–Crippen MR) is 80.2 cm³/mol. The van der Waals surface area contributed by atoms with Crippen LogP contribution in [0.3, 0.4) is 0 Å². The highest BCUT2D eigenvalue weighted by Gasteiger charge is 2.16. The number of nitrogens with one attached hydrogen (secondary N) is 1. The molecule has 1 unspecified atom stereocenters. The minimum absolute atomic E-state index is 0.00309. The molecule has 1 aromatic heterocycles. The molecule has 0 spiro atoms. The number of benzene rings is 1. The maximum absolute atomic E-state index is 13.1. The molecule has 106 valence electrons. The molecule has 0 aliphatic carbocycles. The fourth-order valence-corrected chi connectivity index (χ4v) is 2.41. The summed E-state index contributed by atoms with van der Waals surface area (Å²) in [5, 5.41) is 3.78. The summed E-state index contributed by atoms with van der Waals surface area (Å²) in [6.45, 7) is 2.81. The summed E-state index contributed by atoms with van der Waals surface area (Å²) in [4.78, 5) is 4.11. The summed E-state index contributed by atoms with van der Waals surface area (Å²) in [7, 11) is 0. The number of hydrogen-bond donors (Lipinski definition) is 2. The van der Waals surface area contributed by atoms with E-state index in [4.69, 9.17) is 17.3 Å². The molecule has 1 atom stereocenters. The van der Waals surface area contributed by atoms with E-state index in [0.717, 1.165) is 17.7 Å². The maximum atomic E-state index is 13.1. The number of anilines is 1. The molecule has 3 N–H and O–H groups in total. The Morgan fingerprint density at radius 3 is 2.85 bits per heavy atom. The Morgan fingerprint density at radius 2 is 2.20 bits per heavy atom. The Labute approximate surface area is 123 Å². The van der Waals surface area contributed by atoms with Gasteiger partial charge in [-0.15, -0.1) is 0 Å². The zero-order valence-electron chi connectivity index (χ0n) is 11.2. The third-order valence-electron chi connectivity index (χ3n) is 3.14. The first-order chi connectivity index (χ1) is 9.61. The highest BCUT2D eigenvalue weighted by atomic mass is 35.5. The monoisotopic (exact) mass is 293 g/mol. The van der Waals surface area contributed by atoms with Crippen molar-refractivity contribution in [3.63, 3.8) is 0 Å². The minimum atomic E-state index is -0.334. The van der Waals surface area contributed by atoms with E-state index in [0.29, 0.717) is 17.3 Å². The summed E-state index contributed by atoms with van der Waals surface area (Å²) in [6.07, 6.45) is 2.29. The topological polar surface area (TPSA) is 50.9 Å². The van der Waals surface area contributed by atoms with Crippen LogP contribution in [0, 0.1) is 5.82 Å². The largest absolute Gasteiger partial charge is 0.383 e. The van der Waals surface area contributed by atoms with Crippen LogP contribution >= 0.6 is 11.6 Å². The molecule has 0 amide bonds. The van der Waals surface area contributed by atoms with Crippen molar-refractivity contribution in [2.45, 2.75) is 19.4 Å². The number of nitrogen functional groups attached to an aromatic ring is 1. The van der Waals surface area contributed by atoms with Crippen LogP contribution in [-0.2, 0) is 6.42 Å². The average Bonchev–Trinajstić information content (AvgIpc) is 2.42. The fraction of sp³-hybridized carbons (Fsp3) is 0.267. The summed E-state index contributed by atoms with van der Waals surface area (Å²) in [6, 6.07) is 8.23. The zero-order valence-corrected chi connectivity index (χ0v) is 12.0. The van der Waals surface area contributed by atoms with E-state index in [-0.39, 0.29) is 11.9 Å². The number of hydrogen-bond acceptors (Lipinski definition) is 3. The lowest BCUT2D eigenvalue weighted by Gasteiger charge is -2.20. The van der Waals surface area contributed by atoms with Crippen molar-refractivity contribution in [3.8, 4) is 0 Å². The highest BCUT2D eigenvalue weighted by molar-refractivity contribution is 6.31. The lowest BCUT2D eigenvalue weighted by atomic mass is 9.99. The van der Waals surface area contributed by atoms with Crippen LogP contribution in [-0.4, -0.2) is 11.5 Å². The van der Waals surface area contributed by atoms with Gasteiger partial charge in [-0.25, -0.2) is 9.37 Å². The number of nitrogens with two attached hydrogens (primary N) is 1. The first-order valence-electron chi connectivity index (χ1n) is 6.49. The Hall–Kier alpha value is -1.65. The van der Waals surface area contributed by atoms with Crippen molar-refractivity contribution >= 4 is 17.4 Å². The summed E-state index contributed by atoms with van der Waals surface area (Å²) in [5.41, 5.74) is 7.73. The minimum Gasteiger partial charge on any atom is -0.383 e. The molecule has 1 heterocycles. The molecule has 0 radical (unpaired) electrons. The van der Waals surface area contributed by atoms with Crippen LogP contribution in [0.25, 0.3) is 0 Å². The summed E-state index contributed by atoms with van der Waals surface area (Å²) in [5.74, 6) is 0.163. The standard InChI is InChI=1S/C15H17ClFN3/c1-2-19-14(12-4-3-7-20-15(12)18)8-10-5-6-11(17)9-13(10)16/h3-7,9,14,19H,2,8H2,1H3,(H2,18,20). The van der Waals surface area contributed by atoms with Gasteiger partial charge in [0.15, 0.2) is 0 Å². The van der Waals surface area contributed by atoms with Gasteiger partial charge in [-0.2, -0.15) is 0 Å². The second-order valence-electron chi connectivity index (χ2n) is 4.53. The molecule has 0 fully saturated rings. The number of halogens is 2. The molecular formula is C15H17ClFN3. The molecule has 1 aromatic carbocycles. The average molecular weight is 294 g/mol. The van der Waals surface area contributed by atoms with Crippen molar-refractivity contribution < 1.29 is 4.39 Å². The number of likely N-dealkylation sites (N-methyl/N-ethyl adjacent to an activating group) is 1. The van der Waals surface area contributed by atoms with E-state index < -0.39 is 0 Å². The van der Waals surface area contributed by atoms with Crippen molar-refractivity contribution in [1.82, 2.24) is 10.3 Å². The van der Waals surface area contributed by atoms with Crippen LogP contribution in [0.5, 0.6) is 0 Å². The van der Waals surface area contributed by atoms with Gasteiger partial charge in [0.25, 0.3) is 0 Å². The second-order valence-corrected chi connectivity index (χ2v) is 4.94. The van der Waals surface area contributed by atoms with Gasteiger partial charge in [0, 0.05) is 22.8 Å². The number of rotatable bonds is 5. The van der Waals surface area contributed by atoms with Gasteiger partial charge in [0.2, 0.25) is 0 Å². The fourth-order valence-electron chi connectivity index (χ4n) is 2.17. The van der Waals surface area contributed by atoms with E-state index in [9.17, 15) is 4.39 Å². The van der Waals surface area contributed by atoms with Crippen molar-refractivity contribution in [1.29, 1.82) is 0 Å². The van der Waals surface area contributed by atoms with Crippen molar-refractivity contribution in [2.24, 2.45) is 0 Å². The molecule has 0 saturated carbocycles. The van der Waals surface area contributed by atoms with Gasteiger partial charge in [-0.05, 0) is 36.7 Å². The number of aromatic nitrogens is 1. The quantitative estimate of drug-likeness (QED) is 0.889. The van der Waals surface area contributed by atoms with Gasteiger partial charge in [0.1, 0.15) is 11.6 Å². The normalized spacial score (nSPS) is 12.3. The van der Waals surface area contributed by atoms with Crippen molar-refractivity contribution in [2.75, 3.05) is 12.3 Å². The Bertz CT molecular complexity index is 589. The Morgan fingerprint density at radius 1 is 1.40 bits per heavy atom. The highest BCUT2D eigenvalue weighted by Crippen LogP contribution is 2.26. The van der Waals surface area contributed by atoms with Gasteiger partial charge < -0.3 is 11.1 Å². The molecule has 5 heteroatoms. The zero-order chi connectivity index (χ0) is 14.5. The lowest BCUT2D eigenvalue weighted by Crippen LogP contribution is -2.24. The van der Waals surface area contributed by atoms with E-state index >= 15 is 0 Å². The van der Waals surface area contributed by atoms with Crippen LogP contribution in [0.2, 0.25) is 5.02 Å². The van der Waals surface area contributed by atoms with Gasteiger partial charge >= 0.3 is 0 Å². The molecule has 20 heavy (non-hydrogen) atoms. The summed E-state index contributed by atoms with van der Waals surface area (Å²) < 4.78 is 13.1. The van der Waals surface area contributed by atoms with E-state index in [1.165, 1.54) is 12.1 Å². The van der Waals surface area contributed by atoms with Crippen LogP contribution < -0.4 is 11.1 Å². The molecule has 2 rings (SSSR count). The molecule has 3 nitrogen and oxygen atoms in total. The van der Waals surface area contributed by atoms with Crippen LogP contribution in [0.1, 0.15) is 24.1 Å².